The fourth-order valence-electron chi connectivity index (χ4n) is 4.93. The summed E-state index contributed by atoms with van der Waals surface area (Å²) in [6, 6.07) is 6.20. The molecule has 1 unspecified atom stereocenters. The van der Waals surface area contributed by atoms with Crippen molar-refractivity contribution in [1.82, 2.24) is 19.7 Å². The Morgan fingerprint density at radius 3 is 2.59 bits per heavy atom. The summed E-state index contributed by atoms with van der Waals surface area (Å²) < 4.78 is 16.6. The van der Waals surface area contributed by atoms with Crippen LogP contribution in [0.15, 0.2) is 30.5 Å². The number of benzene rings is 1. The maximum absolute atomic E-state index is 14.5. The second kappa shape index (κ2) is 8.05. The molecule has 0 saturated carbocycles. The van der Waals surface area contributed by atoms with Gasteiger partial charge < -0.3 is 14.4 Å². The maximum atomic E-state index is 14.5. The Bertz CT molecular complexity index is 1090. The smallest absolute Gasteiger partial charge is 0.255 e. The van der Waals surface area contributed by atoms with Gasteiger partial charge in [-0.25, -0.2) is 4.39 Å². The molecule has 0 spiro atoms. The molecule has 5 rings (SSSR count). The molecule has 9 heteroatoms. The van der Waals surface area contributed by atoms with Gasteiger partial charge in [-0.3, -0.25) is 24.6 Å². The molecule has 1 aromatic heterocycles. The Labute approximate surface area is 185 Å². The Balaban J connectivity index is 1.33. The van der Waals surface area contributed by atoms with E-state index < -0.39 is 17.8 Å². The molecule has 3 amide bonds. The van der Waals surface area contributed by atoms with Gasteiger partial charge in [0.15, 0.2) is 0 Å². The molecule has 8 nitrogen and oxygen atoms in total. The summed E-state index contributed by atoms with van der Waals surface area (Å²) >= 11 is 0. The van der Waals surface area contributed by atoms with Gasteiger partial charge in [-0.2, -0.15) is 0 Å². The van der Waals surface area contributed by atoms with E-state index in [2.05, 4.69) is 25.8 Å². The number of hydrogen-bond donors (Lipinski definition) is 1. The summed E-state index contributed by atoms with van der Waals surface area (Å²) in [6.07, 6.45) is 2.52. The standard InChI is InChI=1S/C23H26FN5O3/c1-26-6-2-3-16(26)13-27-7-9-28(10-8-27)20-12-15(24)11-17-18(20)14-29(23(17)32)19-4-5-21(30)25-22(19)31/h2-3,6,11-12,19H,4-5,7-10,13-14H2,1H3,(H,25,30,31). The number of halogens is 1. The van der Waals surface area contributed by atoms with Crippen molar-refractivity contribution in [3.63, 3.8) is 0 Å². The molecule has 32 heavy (non-hydrogen) atoms. The number of imide groups is 1. The minimum atomic E-state index is -0.703. The Morgan fingerprint density at radius 2 is 1.91 bits per heavy atom. The molecule has 1 aromatic carbocycles. The van der Waals surface area contributed by atoms with Crippen LogP contribution in [0, 0.1) is 5.82 Å². The first kappa shape index (κ1) is 20.7. The van der Waals surface area contributed by atoms with E-state index in [1.165, 1.54) is 22.7 Å². The number of hydrogen-bond acceptors (Lipinski definition) is 5. The second-order valence-electron chi connectivity index (χ2n) is 8.72. The summed E-state index contributed by atoms with van der Waals surface area (Å²) in [6.45, 7) is 4.24. The van der Waals surface area contributed by atoms with Crippen molar-refractivity contribution in [3.05, 3.63) is 53.1 Å². The quantitative estimate of drug-likeness (QED) is 0.726. The molecule has 0 bridgehead atoms. The van der Waals surface area contributed by atoms with E-state index in [0.29, 0.717) is 12.0 Å². The number of piperidine rings is 1. The maximum Gasteiger partial charge on any atom is 0.255 e. The van der Waals surface area contributed by atoms with Gasteiger partial charge in [0.1, 0.15) is 11.9 Å². The molecule has 3 aliphatic rings. The lowest BCUT2D eigenvalue weighted by Crippen LogP contribution is -2.52. The Hall–Kier alpha value is -3.20. The van der Waals surface area contributed by atoms with E-state index in [9.17, 15) is 18.8 Å². The average Bonchev–Trinajstić information content (AvgIpc) is 3.31. The zero-order valence-corrected chi connectivity index (χ0v) is 18.0. The zero-order chi connectivity index (χ0) is 22.4. The number of fused-ring (bicyclic) bond motifs is 1. The minimum absolute atomic E-state index is 0.195. The van der Waals surface area contributed by atoms with E-state index in [1.807, 2.05) is 19.3 Å². The second-order valence-corrected chi connectivity index (χ2v) is 8.72. The minimum Gasteiger partial charge on any atom is -0.369 e. The lowest BCUT2D eigenvalue weighted by atomic mass is 10.0. The van der Waals surface area contributed by atoms with E-state index in [0.717, 1.165) is 44.0 Å². The van der Waals surface area contributed by atoms with Gasteiger partial charge in [-0.1, -0.05) is 0 Å². The first-order valence-corrected chi connectivity index (χ1v) is 11.0. The van der Waals surface area contributed by atoms with Crippen LogP contribution >= 0.6 is 0 Å². The summed E-state index contributed by atoms with van der Waals surface area (Å²) in [5.74, 6) is -1.59. The molecule has 0 aliphatic carbocycles. The normalized spacial score (nSPS) is 21.8. The van der Waals surface area contributed by atoms with Crippen molar-refractivity contribution in [3.8, 4) is 0 Å². The first-order valence-electron chi connectivity index (χ1n) is 11.0. The highest BCUT2D eigenvalue weighted by Crippen LogP contribution is 2.35. The van der Waals surface area contributed by atoms with Crippen molar-refractivity contribution in [1.29, 1.82) is 0 Å². The van der Waals surface area contributed by atoms with Gasteiger partial charge in [-0.05, 0) is 30.7 Å². The van der Waals surface area contributed by atoms with Crippen LogP contribution in [0.4, 0.5) is 10.1 Å². The van der Waals surface area contributed by atoms with E-state index >= 15 is 0 Å². The van der Waals surface area contributed by atoms with Crippen molar-refractivity contribution < 1.29 is 18.8 Å². The van der Waals surface area contributed by atoms with Crippen molar-refractivity contribution in [2.24, 2.45) is 7.05 Å². The third kappa shape index (κ3) is 3.66. The molecule has 2 aromatic rings. The van der Waals surface area contributed by atoms with Gasteiger partial charge in [0, 0.05) is 81.4 Å². The molecule has 0 radical (unpaired) electrons. The van der Waals surface area contributed by atoms with Crippen LogP contribution in [-0.4, -0.2) is 64.3 Å². The Morgan fingerprint density at radius 1 is 1.12 bits per heavy atom. The number of nitrogens with zero attached hydrogens (tertiary/aromatic N) is 4. The number of piperazine rings is 1. The average molecular weight is 439 g/mol. The van der Waals surface area contributed by atoms with Gasteiger partial charge in [0.2, 0.25) is 11.8 Å². The molecule has 2 fully saturated rings. The third-order valence-electron chi connectivity index (χ3n) is 6.75. The van der Waals surface area contributed by atoms with Crippen LogP contribution in [0.1, 0.15) is 34.5 Å². The predicted octanol–water partition coefficient (Wildman–Crippen LogP) is 1.25. The fourth-order valence-corrected chi connectivity index (χ4v) is 4.93. The third-order valence-corrected chi connectivity index (χ3v) is 6.75. The van der Waals surface area contributed by atoms with Crippen molar-refractivity contribution >= 4 is 23.4 Å². The molecule has 1 atom stereocenters. The van der Waals surface area contributed by atoms with E-state index in [4.69, 9.17) is 0 Å². The number of rotatable bonds is 4. The lowest BCUT2D eigenvalue weighted by Gasteiger charge is -2.37. The topological polar surface area (TPSA) is 77.9 Å². The number of anilines is 1. The molecular weight excluding hydrogens is 413 g/mol. The summed E-state index contributed by atoms with van der Waals surface area (Å²) in [4.78, 5) is 42.8. The van der Waals surface area contributed by atoms with Crippen LogP contribution in [-0.2, 0) is 29.7 Å². The highest BCUT2D eigenvalue weighted by Gasteiger charge is 2.41. The molecular formula is C23H26FN5O3. The molecule has 1 N–H and O–H groups in total. The highest BCUT2D eigenvalue weighted by molar-refractivity contribution is 6.06. The van der Waals surface area contributed by atoms with Gasteiger partial charge in [-0.15, -0.1) is 0 Å². The van der Waals surface area contributed by atoms with Crippen molar-refractivity contribution in [2.75, 3.05) is 31.1 Å². The highest BCUT2D eigenvalue weighted by atomic mass is 19.1. The Kier molecular flexibility index (Phi) is 5.21. The van der Waals surface area contributed by atoms with Crippen LogP contribution in [0.25, 0.3) is 0 Å². The molecule has 168 valence electrons. The zero-order valence-electron chi connectivity index (χ0n) is 18.0. The van der Waals surface area contributed by atoms with E-state index in [1.54, 1.807) is 0 Å². The fraction of sp³-hybridized carbons (Fsp3) is 0.435. The number of amides is 3. The van der Waals surface area contributed by atoms with Crippen molar-refractivity contribution in [2.45, 2.75) is 32.0 Å². The first-order chi connectivity index (χ1) is 15.4. The number of carbonyl (C=O) groups excluding carboxylic acids is 3. The largest absolute Gasteiger partial charge is 0.369 e. The monoisotopic (exact) mass is 439 g/mol. The lowest BCUT2D eigenvalue weighted by molar-refractivity contribution is -0.136. The number of aryl methyl sites for hydroxylation is 1. The molecule has 2 saturated heterocycles. The summed E-state index contributed by atoms with van der Waals surface area (Å²) in [7, 11) is 2.03. The SMILES string of the molecule is Cn1cccc1CN1CCN(c2cc(F)cc3c2CN(C2CCC(=O)NC2=O)C3=O)CC1. The van der Waals surface area contributed by atoms with Gasteiger partial charge in [0.05, 0.1) is 0 Å². The number of nitrogens with one attached hydrogen (secondary N) is 1. The number of aromatic nitrogens is 1. The van der Waals surface area contributed by atoms with Crippen LogP contribution in [0.3, 0.4) is 0 Å². The number of carbonyl (C=O) groups is 3. The van der Waals surface area contributed by atoms with Gasteiger partial charge in [0.25, 0.3) is 5.91 Å². The van der Waals surface area contributed by atoms with Crippen LogP contribution in [0.5, 0.6) is 0 Å². The van der Waals surface area contributed by atoms with Crippen LogP contribution in [0.2, 0.25) is 0 Å². The predicted molar refractivity (Wildman–Crippen MR) is 115 cm³/mol. The van der Waals surface area contributed by atoms with Gasteiger partial charge >= 0.3 is 0 Å². The summed E-state index contributed by atoms with van der Waals surface area (Å²) in [5, 5.41) is 2.31. The summed E-state index contributed by atoms with van der Waals surface area (Å²) in [5.41, 5.74) is 3.05. The van der Waals surface area contributed by atoms with E-state index in [-0.39, 0.29) is 24.8 Å². The van der Waals surface area contributed by atoms with Crippen LogP contribution < -0.4 is 10.2 Å². The molecule has 4 heterocycles. The molecule has 3 aliphatic heterocycles.